The molecule has 2 saturated heterocycles. The summed E-state index contributed by atoms with van der Waals surface area (Å²) in [5.41, 5.74) is 6.63. The zero-order valence-electron chi connectivity index (χ0n) is 70.6. The highest BCUT2D eigenvalue weighted by Crippen LogP contribution is 2.37. The van der Waals surface area contributed by atoms with Gasteiger partial charge in [0.15, 0.2) is 12.3 Å². The number of anilines is 2. The molecule has 10 N–H and O–H groups in total. The van der Waals surface area contributed by atoms with Crippen LogP contribution in [0.5, 0.6) is 11.5 Å². The lowest BCUT2D eigenvalue weighted by Gasteiger charge is -2.27. The number of fused-ring (bicyclic) bond motifs is 2. The number of carbonyl (C=O) groups is 12. The van der Waals surface area contributed by atoms with E-state index in [0.717, 1.165) is 9.80 Å². The minimum Gasteiger partial charge on any atom is -0.486 e. The topological polar surface area (TPSA) is 584 Å². The lowest BCUT2D eigenvalue weighted by molar-refractivity contribution is -0.139. The second kappa shape index (κ2) is 59.1. The number of benzene rings is 2. The molecule has 0 aliphatic carbocycles. The van der Waals surface area contributed by atoms with Crippen molar-refractivity contribution in [3.63, 3.8) is 0 Å². The Morgan fingerprint density at radius 2 is 0.826 bits per heavy atom. The number of rotatable bonds is 57. The van der Waals surface area contributed by atoms with E-state index >= 15 is 0 Å². The number of hydrogen-bond acceptors (Lipinski definition) is 37. The van der Waals surface area contributed by atoms with E-state index in [1.807, 2.05) is 0 Å². The molecule has 132 heavy (non-hydrogen) atoms. The summed E-state index contributed by atoms with van der Waals surface area (Å²) in [4.78, 5) is 164. The Kier molecular flexibility index (Phi) is 48.6. The fourth-order valence-electron chi connectivity index (χ4n) is 11.7. The van der Waals surface area contributed by atoms with Crippen LogP contribution in [0.2, 0.25) is 0 Å². The summed E-state index contributed by atoms with van der Waals surface area (Å²) >= 11 is 35.1. The predicted molar refractivity (Wildman–Crippen MR) is 466 cm³/mol. The molecule has 0 radical (unpaired) electrons. The number of carboxylic acid groups (broad SMARTS) is 1. The standard InChI is InChI=1S/C39H49Cl3N10O13.C29H37N5O12.C10H14Cl3N5O2.CH4/c40-39(41,42)36(47-37-44-9-2-10-45-37)48-38(58)64-13-3-11-43-30(53)8-14-59-16-18-61-20-22-63-23-21-62-19-17-60-15-12-51-24-26(49-50-51)25-65-29-5-1-4-27-32(29)35(57)52(34(27)56)28-6-7-31(54)46-33(28)55;35-24-5-4-22(27(38)30-24)34-28(39)21-2-1-3-23(26(21)29(34)40)46-19-20-18-33(32-31-20)7-9-42-11-13-44-15-17-45-16-14-43-12-10-41-8-6-25(36)37;11-10(12,13)7(17-8-15-4-2-5-16-8)18-9(19)20-6-1-3-14;/h1-2,4-5,9-10,24,28,36H,3,6-8,11-23,25H2,(H,43,53)(H,48,58)(H,44,45,47)(H,46,54,55);1-3,18,22H,4-17,19H2,(H,36,37)(H,30,35,38);2,4-5,7H,1,3,6,14H2,(H,18,19)(H,15,16,17);1H4. The maximum absolute atomic E-state index is 13.3. The first kappa shape index (κ1) is 108. The number of nitrogens with one attached hydrogen (secondary N) is 7. The Morgan fingerprint density at radius 1 is 0.470 bits per heavy atom. The summed E-state index contributed by atoms with van der Waals surface area (Å²) < 4.78 is 75.4. The molecule has 6 aromatic rings. The highest BCUT2D eigenvalue weighted by molar-refractivity contribution is 6.68. The minimum absolute atomic E-state index is 0. The van der Waals surface area contributed by atoms with Gasteiger partial charge in [0.05, 0.1) is 200 Å². The molecule has 47 nitrogen and oxygen atoms in total. The van der Waals surface area contributed by atoms with E-state index in [9.17, 15) is 57.5 Å². The van der Waals surface area contributed by atoms with Gasteiger partial charge in [0.2, 0.25) is 49.0 Å². The lowest BCUT2D eigenvalue weighted by atomic mass is 10.0. The van der Waals surface area contributed by atoms with Gasteiger partial charge in [0.1, 0.15) is 48.2 Å². The monoisotopic (exact) mass is 1970 g/mol. The Balaban J connectivity index is 0.000000307. The van der Waals surface area contributed by atoms with Crippen molar-refractivity contribution >= 4 is 153 Å². The van der Waals surface area contributed by atoms with Crippen molar-refractivity contribution in [1.82, 2.24) is 86.3 Å². The molecule has 0 bridgehead atoms. The number of piperidine rings is 2. The van der Waals surface area contributed by atoms with E-state index in [4.69, 9.17) is 147 Å². The van der Waals surface area contributed by atoms with E-state index < -0.39 is 97.4 Å². The first-order valence-corrected chi connectivity index (χ1v) is 43.2. The van der Waals surface area contributed by atoms with Crippen molar-refractivity contribution in [1.29, 1.82) is 0 Å². The number of aliphatic carboxylic acids is 1. The smallest absolute Gasteiger partial charge is 0.408 e. The number of nitrogens with zero attached hydrogens (tertiary/aromatic N) is 12. The average molecular weight is 1980 g/mol. The predicted octanol–water partition coefficient (Wildman–Crippen LogP) is 3.67. The van der Waals surface area contributed by atoms with Gasteiger partial charge < -0.3 is 93.1 Å². The number of halogens is 6. The molecule has 4 unspecified atom stereocenters. The van der Waals surface area contributed by atoms with Gasteiger partial charge in [-0.1, -0.05) is 99.6 Å². The third kappa shape index (κ3) is 38.6. The third-order valence-electron chi connectivity index (χ3n) is 17.9. The van der Waals surface area contributed by atoms with Crippen LogP contribution in [0.1, 0.15) is 112 Å². The number of alkyl halides is 6. The molecule has 10 rings (SSSR count). The summed E-state index contributed by atoms with van der Waals surface area (Å²) in [6.07, 6.45) is 6.72. The Bertz CT molecular complexity index is 4650. The molecule has 0 saturated carbocycles. The van der Waals surface area contributed by atoms with Crippen LogP contribution in [0.3, 0.4) is 0 Å². The zero-order valence-corrected chi connectivity index (χ0v) is 75.2. The van der Waals surface area contributed by atoms with Crippen LogP contribution in [0.15, 0.2) is 85.7 Å². The molecular formula is C79H104Cl6N20O27. The van der Waals surface area contributed by atoms with Gasteiger partial charge in [-0.2, -0.15) is 0 Å². The van der Waals surface area contributed by atoms with Crippen LogP contribution in [-0.4, -0.2) is 327 Å². The van der Waals surface area contributed by atoms with E-state index in [-0.39, 0.29) is 144 Å². The number of hydrogen-bond donors (Lipinski definition) is 9. The van der Waals surface area contributed by atoms with Gasteiger partial charge in [-0.3, -0.25) is 79.0 Å². The van der Waals surface area contributed by atoms with Gasteiger partial charge in [0, 0.05) is 50.6 Å². The first-order chi connectivity index (χ1) is 63.2. The maximum atomic E-state index is 13.3. The fourth-order valence-corrected chi connectivity index (χ4v) is 12.3. The highest BCUT2D eigenvalue weighted by Gasteiger charge is 2.48. The van der Waals surface area contributed by atoms with Crippen LogP contribution in [0, 0.1) is 0 Å². The second-order valence-corrected chi connectivity index (χ2v) is 32.3. The van der Waals surface area contributed by atoms with Gasteiger partial charge in [-0.15, -0.1) is 10.2 Å². The molecule has 4 aliphatic heterocycles. The molecule has 2 aromatic carbocycles. The Morgan fingerprint density at radius 3 is 1.18 bits per heavy atom. The Hall–Kier alpha value is -10.6. The van der Waals surface area contributed by atoms with Crippen molar-refractivity contribution in [2.45, 2.75) is 117 Å². The largest absolute Gasteiger partial charge is 0.486 e. The molecular weight excluding hydrogens is 1870 g/mol. The molecule has 11 amide bonds. The number of imide groups is 4. The highest BCUT2D eigenvalue weighted by atomic mass is 35.6. The fraction of sp³-hybridized carbons (Fsp3) is 0.544. The van der Waals surface area contributed by atoms with Crippen molar-refractivity contribution < 1.29 is 129 Å². The van der Waals surface area contributed by atoms with E-state index in [1.54, 1.807) is 58.2 Å². The molecule has 8 heterocycles. The second-order valence-electron chi connectivity index (χ2n) is 27.6. The molecule has 4 aliphatic rings. The number of carboxylic acids is 1. The molecule has 724 valence electrons. The van der Waals surface area contributed by atoms with Gasteiger partial charge in [0.25, 0.3) is 23.6 Å². The van der Waals surface area contributed by atoms with Crippen molar-refractivity contribution in [3.8, 4) is 11.5 Å². The SMILES string of the molecule is C.NCCCOC(=O)NC(Nc1ncccn1)C(Cl)(Cl)Cl.O=C(CCOCCOCCOCCOCCOCCn1cc(COc2cccc3c2C(=O)N(C2CCC(=O)NC2=O)C3=O)nn1)NCCCOC(=O)NC(Nc1ncccn1)C(Cl)(Cl)Cl.O=C(O)CCOCCOCCOCCOCCOCCn1cc(COc2cccc3c2C(=O)N(C2CCC(=O)NC2=O)C3=O)nn1. The minimum atomic E-state index is -1.92. The van der Waals surface area contributed by atoms with E-state index in [1.165, 1.54) is 36.9 Å². The molecule has 4 atom stereocenters. The summed E-state index contributed by atoms with van der Waals surface area (Å²) in [5.74, 6) is -5.22. The molecule has 4 aromatic heterocycles. The van der Waals surface area contributed by atoms with Crippen molar-refractivity contribution in [3.05, 3.63) is 119 Å². The van der Waals surface area contributed by atoms with Crippen LogP contribution in [-0.2, 0) is 112 Å². The van der Waals surface area contributed by atoms with Crippen molar-refractivity contribution in [2.75, 3.05) is 169 Å². The number of aromatic nitrogens is 10. The van der Waals surface area contributed by atoms with Gasteiger partial charge in [-0.25, -0.2) is 38.9 Å². The summed E-state index contributed by atoms with van der Waals surface area (Å²) in [5, 5.41) is 42.0. The number of alkyl carbamates (subject to hydrolysis) is 2. The lowest BCUT2D eigenvalue weighted by Crippen LogP contribution is -2.54. The molecule has 2 fully saturated rings. The summed E-state index contributed by atoms with van der Waals surface area (Å²) in [7, 11) is 0. The summed E-state index contributed by atoms with van der Waals surface area (Å²) in [6, 6.07) is 10.4. The third-order valence-corrected chi connectivity index (χ3v) is 19.2. The maximum Gasteiger partial charge on any atom is 0.408 e. The number of amides is 11. The van der Waals surface area contributed by atoms with Gasteiger partial charge in [-0.05, 0) is 68.6 Å². The summed E-state index contributed by atoms with van der Waals surface area (Å²) in [6.45, 7) is 8.81. The van der Waals surface area contributed by atoms with Crippen LogP contribution in [0.25, 0.3) is 0 Å². The first-order valence-electron chi connectivity index (χ1n) is 40.9. The van der Waals surface area contributed by atoms with Crippen molar-refractivity contribution in [2.24, 2.45) is 5.73 Å². The number of ether oxygens (including phenoxy) is 14. The van der Waals surface area contributed by atoms with Crippen LogP contribution in [0.4, 0.5) is 21.5 Å². The Labute approximate surface area is 786 Å². The van der Waals surface area contributed by atoms with Crippen LogP contribution < -0.4 is 52.4 Å². The van der Waals surface area contributed by atoms with E-state index in [0.29, 0.717) is 163 Å². The van der Waals surface area contributed by atoms with Crippen LogP contribution >= 0.6 is 69.6 Å². The molecule has 0 spiro atoms. The number of carbonyl (C=O) groups excluding carboxylic acids is 11. The zero-order chi connectivity index (χ0) is 94.2. The number of nitrogens with two attached hydrogens (primary N) is 1. The normalized spacial score (nSPS) is 15.1. The van der Waals surface area contributed by atoms with Gasteiger partial charge >= 0.3 is 18.2 Å². The molecule has 53 heteroatoms. The average Bonchev–Trinajstić information content (AvgIpc) is 1.61. The van der Waals surface area contributed by atoms with E-state index in [2.05, 4.69) is 77.8 Å². The quantitative estimate of drug-likeness (QED) is 0.0114.